The van der Waals surface area contributed by atoms with Crippen LogP contribution in [0.15, 0.2) is 96.2 Å². The zero-order valence-corrected chi connectivity index (χ0v) is 18.2. The second kappa shape index (κ2) is 11.1. The number of aromatic nitrogens is 4. The first-order chi connectivity index (χ1) is 15.8. The van der Waals surface area contributed by atoms with Gasteiger partial charge in [0, 0.05) is 6.54 Å². The molecule has 162 valence electrons. The van der Waals surface area contributed by atoms with Crippen molar-refractivity contribution in [1.29, 1.82) is 0 Å². The highest BCUT2D eigenvalue weighted by atomic mass is 32.2. The van der Waals surface area contributed by atoms with E-state index in [1.807, 2.05) is 66.7 Å². The number of tetrazole rings is 1. The number of alkyl carbamates (subject to hydrolysis) is 1. The summed E-state index contributed by atoms with van der Waals surface area (Å²) < 4.78 is 6.94. The molecule has 0 bridgehead atoms. The Morgan fingerprint density at radius 3 is 2.12 bits per heavy atom. The number of nitrogens with zero attached hydrogens (tertiary/aromatic N) is 4. The zero-order chi connectivity index (χ0) is 22.0. The summed E-state index contributed by atoms with van der Waals surface area (Å²) in [6.07, 6.45) is -0.470. The van der Waals surface area contributed by atoms with Gasteiger partial charge in [0.2, 0.25) is 5.16 Å². The highest BCUT2D eigenvalue weighted by Gasteiger charge is 2.19. The molecule has 0 spiro atoms. The predicted molar refractivity (Wildman–Crippen MR) is 123 cm³/mol. The summed E-state index contributed by atoms with van der Waals surface area (Å²) in [7, 11) is 0. The summed E-state index contributed by atoms with van der Waals surface area (Å²) in [5, 5.41) is 15.6. The second-order valence-electron chi connectivity index (χ2n) is 6.99. The van der Waals surface area contributed by atoms with Gasteiger partial charge in [0.1, 0.15) is 6.61 Å². The van der Waals surface area contributed by atoms with Crippen LogP contribution in [0.4, 0.5) is 4.79 Å². The van der Waals surface area contributed by atoms with Crippen LogP contribution < -0.4 is 5.32 Å². The van der Waals surface area contributed by atoms with Gasteiger partial charge in [0.05, 0.1) is 11.8 Å². The number of carbonyl (C=O) groups excluding carboxylic acids is 1. The molecule has 1 heterocycles. The first kappa shape index (κ1) is 21.6. The Hall–Kier alpha value is -3.65. The number of hydrogen-bond donors (Lipinski definition) is 1. The zero-order valence-electron chi connectivity index (χ0n) is 17.4. The number of hydrogen-bond acceptors (Lipinski definition) is 6. The van der Waals surface area contributed by atoms with E-state index in [-0.39, 0.29) is 11.9 Å². The number of nitrogens with one attached hydrogen (secondary N) is 1. The van der Waals surface area contributed by atoms with E-state index in [0.717, 1.165) is 5.56 Å². The average molecular weight is 446 g/mol. The molecular weight excluding hydrogens is 422 g/mol. The van der Waals surface area contributed by atoms with Crippen molar-refractivity contribution in [2.75, 3.05) is 6.54 Å². The molecule has 1 N–H and O–H groups in total. The van der Waals surface area contributed by atoms with E-state index in [4.69, 9.17) is 4.74 Å². The number of benzene rings is 3. The third-order valence-electron chi connectivity index (χ3n) is 4.73. The molecule has 1 amide bonds. The quantitative estimate of drug-likeness (QED) is 0.383. The van der Waals surface area contributed by atoms with Crippen LogP contribution in [0, 0.1) is 0 Å². The van der Waals surface area contributed by atoms with Crippen LogP contribution >= 0.6 is 11.8 Å². The van der Waals surface area contributed by atoms with Crippen molar-refractivity contribution in [3.63, 3.8) is 0 Å². The molecule has 0 atom stereocenters. The molecule has 1 aromatic heterocycles. The van der Waals surface area contributed by atoms with Crippen molar-refractivity contribution in [2.45, 2.75) is 23.6 Å². The molecule has 0 aliphatic carbocycles. The van der Waals surface area contributed by atoms with Crippen LogP contribution in [-0.4, -0.2) is 32.8 Å². The fourth-order valence-electron chi connectivity index (χ4n) is 3.15. The van der Waals surface area contributed by atoms with Crippen LogP contribution in [0.25, 0.3) is 0 Å². The summed E-state index contributed by atoms with van der Waals surface area (Å²) in [4.78, 5) is 12.0. The third-order valence-corrected chi connectivity index (χ3v) is 6.02. The average Bonchev–Trinajstić information content (AvgIpc) is 3.30. The predicted octanol–water partition coefficient (Wildman–Crippen LogP) is 4.48. The van der Waals surface area contributed by atoms with Crippen LogP contribution in [0.5, 0.6) is 0 Å². The van der Waals surface area contributed by atoms with Crippen molar-refractivity contribution in [1.82, 2.24) is 25.5 Å². The van der Waals surface area contributed by atoms with Gasteiger partial charge < -0.3 is 10.1 Å². The first-order valence-corrected chi connectivity index (χ1v) is 11.1. The van der Waals surface area contributed by atoms with E-state index < -0.39 is 6.09 Å². The maximum Gasteiger partial charge on any atom is 0.407 e. The highest BCUT2D eigenvalue weighted by Crippen LogP contribution is 2.39. The summed E-state index contributed by atoms with van der Waals surface area (Å²) in [5.41, 5.74) is 3.27. The van der Waals surface area contributed by atoms with Gasteiger partial charge in [-0.25, -0.2) is 9.48 Å². The normalized spacial score (nSPS) is 10.8. The van der Waals surface area contributed by atoms with Crippen molar-refractivity contribution >= 4 is 17.9 Å². The molecule has 4 aromatic rings. The van der Waals surface area contributed by atoms with E-state index in [9.17, 15) is 4.79 Å². The minimum Gasteiger partial charge on any atom is -0.445 e. The molecule has 8 heteroatoms. The summed E-state index contributed by atoms with van der Waals surface area (Å²) in [5.74, 6) is 0. The molecule has 0 aliphatic rings. The van der Waals surface area contributed by atoms with E-state index in [1.54, 1.807) is 16.4 Å². The van der Waals surface area contributed by atoms with Gasteiger partial charge in [0.25, 0.3) is 0 Å². The van der Waals surface area contributed by atoms with Crippen molar-refractivity contribution in [3.8, 4) is 0 Å². The maximum absolute atomic E-state index is 12.0. The van der Waals surface area contributed by atoms with Crippen molar-refractivity contribution in [3.05, 3.63) is 108 Å². The Balaban J connectivity index is 1.35. The number of rotatable bonds is 9. The molecule has 4 rings (SSSR count). The molecule has 0 saturated carbocycles. The standard InChI is InChI=1S/C24H23N5O2S/c30-24(31-18-19-10-4-1-5-11-19)25-16-17-29-23(26-27-28-29)32-22(20-12-6-2-7-13-20)21-14-8-3-9-15-21/h1-15,22H,16-18H2,(H,25,30). The largest absolute Gasteiger partial charge is 0.445 e. The Labute approximate surface area is 190 Å². The molecule has 0 unspecified atom stereocenters. The number of amides is 1. The minimum absolute atomic E-state index is 0.0472. The SMILES string of the molecule is O=C(NCCn1nnnc1SC(c1ccccc1)c1ccccc1)OCc1ccccc1. The van der Waals surface area contributed by atoms with Gasteiger partial charge in [-0.1, -0.05) is 103 Å². The molecule has 0 saturated heterocycles. The lowest BCUT2D eigenvalue weighted by molar-refractivity contribution is 0.139. The van der Waals surface area contributed by atoms with Gasteiger partial charge in [0.15, 0.2) is 0 Å². The topological polar surface area (TPSA) is 81.9 Å². The third kappa shape index (κ3) is 5.95. The molecule has 0 fully saturated rings. The molecule has 0 radical (unpaired) electrons. The lowest BCUT2D eigenvalue weighted by atomic mass is 10.0. The van der Waals surface area contributed by atoms with Gasteiger partial charge >= 0.3 is 6.09 Å². The maximum atomic E-state index is 12.0. The van der Waals surface area contributed by atoms with E-state index >= 15 is 0 Å². The van der Waals surface area contributed by atoms with E-state index in [1.165, 1.54) is 11.1 Å². The summed E-state index contributed by atoms with van der Waals surface area (Å²) in [6.45, 7) is 1.02. The second-order valence-corrected chi connectivity index (χ2v) is 8.06. The Morgan fingerprint density at radius 1 is 0.906 bits per heavy atom. The molecule has 7 nitrogen and oxygen atoms in total. The first-order valence-electron chi connectivity index (χ1n) is 10.3. The molecule has 3 aromatic carbocycles. The number of carbonyl (C=O) groups is 1. The Kier molecular flexibility index (Phi) is 7.49. The molecule has 0 aliphatic heterocycles. The fraction of sp³-hybridized carbons (Fsp3) is 0.167. The van der Waals surface area contributed by atoms with Crippen LogP contribution in [-0.2, 0) is 17.9 Å². The Morgan fingerprint density at radius 2 is 1.50 bits per heavy atom. The highest BCUT2D eigenvalue weighted by molar-refractivity contribution is 7.99. The minimum atomic E-state index is -0.470. The van der Waals surface area contributed by atoms with Gasteiger partial charge in [-0.15, -0.1) is 5.10 Å². The van der Waals surface area contributed by atoms with Crippen molar-refractivity contribution < 1.29 is 9.53 Å². The smallest absolute Gasteiger partial charge is 0.407 e. The number of ether oxygens (including phenoxy) is 1. The van der Waals surface area contributed by atoms with Gasteiger partial charge in [-0.05, 0) is 27.1 Å². The van der Waals surface area contributed by atoms with Crippen LogP contribution in [0.1, 0.15) is 21.9 Å². The molecular formula is C24H23N5O2S. The van der Waals surface area contributed by atoms with Crippen LogP contribution in [0.3, 0.4) is 0 Å². The summed E-state index contributed by atoms with van der Waals surface area (Å²) >= 11 is 1.58. The van der Waals surface area contributed by atoms with Crippen molar-refractivity contribution in [2.24, 2.45) is 0 Å². The van der Waals surface area contributed by atoms with Gasteiger partial charge in [-0.3, -0.25) is 0 Å². The number of thioether (sulfide) groups is 1. The lowest BCUT2D eigenvalue weighted by Crippen LogP contribution is -2.28. The van der Waals surface area contributed by atoms with Gasteiger partial charge in [-0.2, -0.15) is 0 Å². The molecule has 32 heavy (non-hydrogen) atoms. The van der Waals surface area contributed by atoms with E-state index in [0.29, 0.717) is 18.2 Å². The summed E-state index contributed by atoms with van der Waals surface area (Å²) in [6, 6.07) is 30.1. The monoisotopic (exact) mass is 445 g/mol. The Bertz CT molecular complexity index is 1070. The fourth-order valence-corrected chi connectivity index (χ4v) is 4.28. The van der Waals surface area contributed by atoms with Crippen LogP contribution in [0.2, 0.25) is 0 Å². The lowest BCUT2D eigenvalue weighted by Gasteiger charge is -2.17. The van der Waals surface area contributed by atoms with E-state index in [2.05, 4.69) is 45.1 Å².